The minimum absolute atomic E-state index is 0.187. The highest BCUT2D eigenvalue weighted by Gasteiger charge is 2.35. The summed E-state index contributed by atoms with van der Waals surface area (Å²) in [6.45, 7) is 3.85. The number of nitrogens with one attached hydrogen (secondary N) is 3. The molecule has 150 valence electrons. The molecule has 0 saturated heterocycles. The van der Waals surface area contributed by atoms with Gasteiger partial charge in [0.05, 0.1) is 5.69 Å². The van der Waals surface area contributed by atoms with Gasteiger partial charge in [-0.25, -0.2) is 0 Å². The minimum atomic E-state index is -1.84. The maximum Gasteiger partial charge on any atom is 0.252 e. The number of carbonyl (C=O) groups excluding carboxylic acids is 1. The van der Waals surface area contributed by atoms with Gasteiger partial charge in [-0.1, -0.05) is 68.4 Å². The zero-order chi connectivity index (χ0) is 21.1. The van der Waals surface area contributed by atoms with E-state index in [1.54, 1.807) is 12.1 Å². The Morgan fingerprint density at radius 2 is 1.68 bits per heavy atom. The number of halogens is 5. The maximum absolute atomic E-state index is 12.5. The quantitative estimate of drug-likeness (QED) is 0.225. The molecule has 2 aromatic carbocycles. The Labute approximate surface area is 200 Å². The van der Waals surface area contributed by atoms with Gasteiger partial charge in [-0.2, -0.15) is 0 Å². The van der Waals surface area contributed by atoms with Gasteiger partial charge >= 0.3 is 0 Å². The van der Waals surface area contributed by atoms with E-state index in [0.29, 0.717) is 5.56 Å². The molecule has 3 N–H and O–H groups in total. The number of benzene rings is 2. The molecule has 0 bridgehead atoms. The summed E-state index contributed by atoms with van der Waals surface area (Å²) in [7, 11) is 0. The predicted octanol–water partition coefficient (Wildman–Crippen LogP) is 6.24. The lowest BCUT2D eigenvalue weighted by atomic mass is 10.1. The second-order valence-corrected chi connectivity index (χ2v) is 10.5. The van der Waals surface area contributed by atoms with Crippen LogP contribution >= 0.6 is 78.9 Å². The van der Waals surface area contributed by atoms with Crippen LogP contribution in [0.2, 0.25) is 0 Å². The zero-order valence-corrected chi connectivity index (χ0v) is 21.0. The van der Waals surface area contributed by atoms with Gasteiger partial charge in [-0.05, 0) is 71.8 Å². The van der Waals surface area contributed by atoms with E-state index < -0.39 is 15.9 Å². The summed E-state index contributed by atoms with van der Waals surface area (Å²) < 4.78 is -0.110. The summed E-state index contributed by atoms with van der Waals surface area (Å²) in [5, 5.41) is 8.74. The normalized spacial score (nSPS) is 12.2. The first kappa shape index (κ1) is 23.7. The first-order chi connectivity index (χ1) is 13.0. The molecule has 0 fully saturated rings. The molecule has 0 aliphatic rings. The third kappa shape index (κ3) is 6.75. The van der Waals surface area contributed by atoms with Crippen molar-refractivity contribution >= 4 is 95.6 Å². The molecule has 0 saturated carbocycles. The smallest absolute Gasteiger partial charge is 0.252 e. The maximum atomic E-state index is 12.5. The van der Waals surface area contributed by atoms with Crippen molar-refractivity contribution in [1.82, 2.24) is 10.6 Å². The summed E-state index contributed by atoms with van der Waals surface area (Å²) in [4.78, 5) is 12.5. The number of alkyl halides is 3. The third-order valence-electron chi connectivity index (χ3n) is 3.68. The minimum Gasteiger partial charge on any atom is -0.339 e. The van der Waals surface area contributed by atoms with Gasteiger partial charge < -0.3 is 16.0 Å². The molecule has 1 unspecified atom stereocenters. The third-order valence-corrected chi connectivity index (χ3v) is 5.64. The molecule has 1 atom stereocenters. The fraction of sp³-hybridized carbons (Fsp3) is 0.222. The lowest BCUT2D eigenvalue weighted by Crippen LogP contribution is -2.56. The summed E-state index contributed by atoms with van der Waals surface area (Å²) in [5.74, 6) is -0.396. The van der Waals surface area contributed by atoms with Crippen LogP contribution in [-0.4, -0.2) is 21.0 Å². The first-order valence-electron chi connectivity index (χ1n) is 7.95. The highest BCUT2D eigenvalue weighted by Crippen LogP contribution is 2.31. The average molecular weight is 589 g/mol. The lowest BCUT2D eigenvalue weighted by molar-refractivity contribution is 0.0934. The van der Waals surface area contributed by atoms with Gasteiger partial charge in [0.1, 0.15) is 6.17 Å². The molecule has 0 aliphatic carbocycles. The largest absolute Gasteiger partial charge is 0.339 e. The van der Waals surface area contributed by atoms with Crippen LogP contribution in [0.5, 0.6) is 0 Å². The Balaban J connectivity index is 2.13. The molecule has 2 rings (SSSR count). The number of thiocarbonyl (C=S) groups is 1. The number of aryl methyl sites for hydroxylation is 2. The molecule has 0 aliphatic heterocycles. The highest BCUT2D eigenvalue weighted by atomic mass is 79.9. The van der Waals surface area contributed by atoms with Gasteiger partial charge in [0.15, 0.2) is 5.11 Å². The number of carbonyl (C=O) groups is 1. The fourth-order valence-electron chi connectivity index (χ4n) is 2.26. The molecule has 2 aromatic rings. The van der Waals surface area contributed by atoms with Crippen LogP contribution in [0, 0.1) is 13.8 Å². The molecular formula is C18H16Br2Cl3N3OS. The van der Waals surface area contributed by atoms with E-state index in [2.05, 4.69) is 47.8 Å². The Kier molecular flexibility index (Phi) is 8.43. The molecule has 4 nitrogen and oxygen atoms in total. The van der Waals surface area contributed by atoms with Crippen molar-refractivity contribution in [2.75, 3.05) is 5.32 Å². The summed E-state index contributed by atoms with van der Waals surface area (Å²) in [5.41, 5.74) is 3.18. The number of amides is 1. The van der Waals surface area contributed by atoms with E-state index in [9.17, 15) is 4.79 Å². The van der Waals surface area contributed by atoms with Crippen LogP contribution in [0.3, 0.4) is 0 Å². The van der Waals surface area contributed by atoms with Gasteiger partial charge in [0.25, 0.3) is 5.91 Å². The molecule has 0 radical (unpaired) electrons. The van der Waals surface area contributed by atoms with Gasteiger partial charge in [-0.15, -0.1) is 0 Å². The number of hydrogen-bond donors (Lipinski definition) is 3. The van der Waals surface area contributed by atoms with Crippen LogP contribution < -0.4 is 16.0 Å². The first-order valence-corrected chi connectivity index (χ1v) is 11.1. The second-order valence-electron chi connectivity index (χ2n) is 5.99. The molecular weight excluding hydrogens is 572 g/mol. The standard InChI is InChI=1S/C18H16Br2Cl3N3OS/c1-9-3-5-11(6-4-9)15(27)25-16(18(21,22)23)26-17(28)24-14-10(2)7-12(19)8-13(14)20/h3-8,16H,1-2H3,(H,25,27)(H2,24,26,28). The van der Waals surface area contributed by atoms with Crippen LogP contribution in [0.15, 0.2) is 45.3 Å². The molecule has 10 heteroatoms. The van der Waals surface area contributed by atoms with Crippen molar-refractivity contribution in [3.8, 4) is 0 Å². The van der Waals surface area contributed by atoms with E-state index in [0.717, 1.165) is 25.8 Å². The van der Waals surface area contributed by atoms with E-state index in [1.165, 1.54) is 0 Å². The van der Waals surface area contributed by atoms with Gasteiger partial charge in [-0.3, -0.25) is 4.79 Å². The summed E-state index contributed by atoms with van der Waals surface area (Å²) in [6, 6.07) is 10.8. The molecule has 0 spiro atoms. The summed E-state index contributed by atoms with van der Waals surface area (Å²) >= 11 is 30.4. The molecule has 1 amide bonds. The fourth-order valence-corrected chi connectivity index (χ4v) is 4.35. The average Bonchev–Trinajstić information content (AvgIpc) is 2.57. The zero-order valence-electron chi connectivity index (χ0n) is 14.7. The van der Waals surface area contributed by atoms with Gasteiger partial charge in [0, 0.05) is 14.5 Å². The number of hydrogen-bond acceptors (Lipinski definition) is 2. The monoisotopic (exact) mass is 585 g/mol. The Hall–Kier alpha value is -0.570. The molecule has 28 heavy (non-hydrogen) atoms. The Morgan fingerprint density at radius 1 is 1.07 bits per heavy atom. The van der Waals surface area contributed by atoms with Crippen molar-refractivity contribution in [3.05, 3.63) is 62.0 Å². The van der Waals surface area contributed by atoms with Crippen molar-refractivity contribution < 1.29 is 4.79 Å². The Bertz CT molecular complexity index is 866. The lowest BCUT2D eigenvalue weighted by Gasteiger charge is -2.28. The second kappa shape index (κ2) is 9.96. The Morgan fingerprint density at radius 3 is 2.21 bits per heavy atom. The van der Waals surface area contributed by atoms with E-state index in [-0.39, 0.29) is 5.11 Å². The van der Waals surface area contributed by atoms with Crippen molar-refractivity contribution in [2.45, 2.75) is 23.8 Å². The van der Waals surface area contributed by atoms with Crippen LogP contribution in [0.25, 0.3) is 0 Å². The van der Waals surface area contributed by atoms with Crippen LogP contribution in [-0.2, 0) is 0 Å². The van der Waals surface area contributed by atoms with Crippen LogP contribution in [0.1, 0.15) is 21.5 Å². The van der Waals surface area contributed by atoms with E-state index in [4.69, 9.17) is 47.0 Å². The van der Waals surface area contributed by atoms with Crippen molar-refractivity contribution in [1.29, 1.82) is 0 Å². The topological polar surface area (TPSA) is 53.2 Å². The summed E-state index contributed by atoms with van der Waals surface area (Å²) in [6.07, 6.45) is -1.05. The highest BCUT2D eigenvalue weighted by molar-refractivity contribution is 9.11. The van der Waals surface area contributed by atoms with E-state index in [1.807, 2.05) is 38.1 Å². The van der Waals surface area contributed by atoms with Crippen molar-refractivity contribution in [2.24, 2.45) is 0 Å². The molecule has 0 heterocycles. The number of anilines is 1. The predicted molar refractivity (Wildman–Crippen MR) is 129 cm³/mol. The SMILES string of the molecule is Cc1ccc(C(=O)NC(NC(=S)Nc2c(C)cc(Br)cc2Br)C(Cl)(Cl)Cl)cc1. The molecule has 0 aromatic heterocycles. The van der Waals surface area contributed by atoms with E-state index >= 15 is 0 Å². The van der Waals surface area contributed by atoms with Crippen molar-refractivity contribution in [3.63, 3.8) is 0 Å². The van der Waals surface area contributed by atoms with Gasteiger partial charge in [0.2, 0.25) is 3.79 Å². The van der Waals surface area contributed by atoms with Crippen LogP contribution in [0.4, 0.5) is 5.69 Å². The number of rotatable bonds is 4.